The van der Waals surface area contributed by atoms with E-state index in [4.69, 9.17) is 4.74 Å². The summed E-state index contributed by atoms with van der Waals surface area (Å²) < 4.78 is 5.52. The summed E-state index contributed by atoms with van der Waals surface area (Å²) in [6.07, 6.45) is 2.50. The van der Waals surface area contributed by atoms with Crippen LogP contribution in [0.1, 0.15) is 32.3 Å². The molecule has 4 heteroatoms. The van der Waals surface area contributed by atoms with E-state index in [0.717, 1.165) is 19.4 Å². The second kappa shape index (κ2) is 7.06. The SMILES string of the molecule is CC(C)C[C@@H]1COCCN1C(=O)CCc1ccsc1. The molecule has 1 aromatic rings. The molecule has 1 atom stereocenters. The Bertz CT molecular complexity index is 389. The van der Waals surface area contributed by atoms with Gasteiger partial charge < -0.3 is 9.64 Å². The van der Waals surface area contributed by atoms with Gasteiger partial charge in [-0.3, -0.25) is 4.79 Å². The van der Waals surface area contributed by atoms with Gasteiger partial charge in [0.25, 0.3) is 0 Å². The number of hydrogen-bond donors (Lipinski definition) is 0. The molecule has 2 rings (SSSR count). The molecule has 1 aliphatic rings. The van der Waals surface area contributed by atoms with Crippen LogP contribution in [0.5, 0.6) is 0 Å². The Morgan fingerprint density at radius 2 is 2.42 bits per heavy atom. The normalized spacial score (nSPS) is 19.9. The summed E-state index contributed by atoms with van der Waals surface area (Å²) in [5, 5.41) is 4.19. The molecule has 1 aromatic heterocycles. The fourth-order valence-electron chi connectivity index (χ4n) is 2.55. The molecule has 0 saturated carbocycles. The zero-order valence-electron chi connectivity index (χ0n) is 11.8. The Labute approximate surface area is 119 Å². The highest BCUT2D eigenvalue weighted by molar-refractivity contribution is 7.07. The lowest BCUT2D eigenvalue weighted by Gasteiger charge is -2.36. The molecular formula is C15H23NO2S. The molecule has 19 heavy (non-hydrogen) atoms. The first kappa shape index (κ1) is 14.5. The number of morpholine rings is 1. The quantitative estimate of drug-likeness (QED) is 0.830. The van der Waals surface area contributed by atoms with Gasteiger partial charge in [0.1, 0.15) is 0 Å². The second-order valence-electron chi connectivity index (χ2n) is 5.58. The Kier molecular flexibility index (Phi) is 5.40. The predicted octanol–water partition coefficient (Wildman–Crippen LogP) is 2.95. The van der Waals surface area contributed by atoms with Crippen molar-refractivity contribution in [2.45, 2.75) is 39.2 Å². The summed E-state index contributed by atoms with van der Waals surface area (Å²) in [7, 11) is 0. The number of nitrogens with zero attached hydrogens (tertiary/aromatic N) is 1. The minimum atomic E-state index is 0.267. The number of aryl methyl sites for hydroxylation is 1. The van der Waals surface area contributed by atoms with E-state index in [2.05, 4.69) is 30.7 Å². The van der Waals surface area contributed by atoms with E-state index in [-0.39, 0.29) is 11.9 Å². The Balaban J connectivity index is 1.87. The van der Waals surface area contributed by atoms with Crippen LogP contribution in [0.4, 0.5) is 0 Å². The van der Waals surface area contributed by atoms with Crippen molar-refractivity contribution in [3.05, 3.63) is 22.4 Å². The lowest BCUT2D eigenvalue weighted by Crippen LogP contribution is -2.49. The van der Waals surface area contributed by atoms with Crippen LogP contribution in [0, 0.1) is 5.92 Å². The third-order valence-electron chi connectivity index (χ3n) is 3.50. The van der Waals surface area contributed by atoms with E-state index in [1.165, 1.54) is 5.56 Å². The van der Waals surface area contributed by atoms with Crippen molar-refractivity contribution in [1.29, 1.82) is 0 Å². The number of carbonyl (C=O) groups is 1. The van der Waals surface area contributed by atoms with Gasteiger partial charge in [0.15, 0.2) is 0 Å². The minimum absolute atomic E-state index is 0.267. The van der Waals surface area contributed by atoms with E-state index in [9.17, 15) is 4.79 Å². The summed E-state index contributed by atoms with van der Waals surface area (Å²) in [5.41, 5.74) is 1.27. The highest BCUT2D eigenvalue weighted by Gasteiger charge is 2.27. The first-order chi connectivity index (χ1) is 9.16. The fraction of sp³-hybridized carbons (Fsp3) is 0.667. The molecule has 0 radical (unpaired) electrons. The molecule has 0 aliphatic carbocycles. The molecule has 3 nitrogen and oxygen atoms in total. The van der Waals surface area contributed by atoms with Crippen LogP contribution in [0.25, 0.3) is 0 Å². The molecule has 106 valence electrons. The zero-order chi connectivity index (χ0) is 13.7. The molecule has 2 heterocycles. The molecule has 1 aliphatic heterocycles. The van der Waals surface area contributed by atoms with Crippen molar-refractivity contribution in [3.63, 3.8) is 0 Å². The summed E-state index contributed by atoms with van der Waals surface area (Å²) in [4.78, 5) is 14.4. The van der Waals surface area contributed by atoms with Crippen molar-refractivity contribution in [3.8, 4) is 0 Å². The third kappa shape index (κ3) is 4.32. The molecule has 1 amide bonds. The highest BCUT2D eigenvalue weighted by Crippen LogP contribution is 2.18. The molecular weight excluding hydrogens is 258 g/mol. The van der Waals surface area contributed by atoms with Crippen molar-refractivity contribution in [2.24, 2.45) is 5.92 Å². The van der Waals surface area contributed by atoms with Crippen LogP contribution >= 0.6 is 11.3 Å². The maximum Gasteiger partial charge on any atom is 0.223 e. The first-order valence-corrected chi connectivity index (χ1v) is 7.99. The largest absolute Gasteiger partial charge is 0.377 e. The summed E-state index contributed by atoms with van der Waals surface area (Å²) >= 11 is 1.69. The predicted molar refractivity (Wildman–Crippen MR) is 78.4 cm³/mol. The number of thiophene rings is 1. The van der Waals surface area contributed by atoms with Crippen molar-refractivity contribution >= 4 is 17.2 Å². The summed E-state index contributed by atoms with van der Waals surface area (Å²) in [6, 6.07) is 2.37. The van der Waals surface area contributed by atoms with Gasteiger partial charge in [0.05, 0.1) is 19.3 Å². The fourth-order valence-corrected chi connectivity index (χ4v) is 3.26. The van der Waals surface area contributed by atoms with Gasteiger partial charge in [-0.05, 0) is 41.1 Å². The molecule has 0 bridgehead atoms. The van der Waals surface area contributed by atoms with Gasteiger partial charge in [-0.1, -0.05) is 13.8 Å². The average Bonchev–Trinajstić information content (AvgIpc) is 2.89. The molecule has 1 saturated heterocycles. The van der Waals surface area contributed by atoms with Crippen LogP contribution < -0.4 is 0 Å². The van der Waals surface area contributed by atoms with E-state index < -0.39 is 0 Å². The van der Waals surface area contributed by atoms with Gasteiger partial charge in [-0.25, -0.2) is 0 Å². The van der Waals surface area contributed by atoms with Crippen molar-refractivity contribution in [2.75, 3.05) is 19.8 Å². The number of carbonyl (C=O) groups excluding carboxylic acids is 1. The highest BCUT2D eigenvalue weighted by atomic mass is 32.1. The smallest absolute Gasteiger partial charge is 0.223 e. The molecule has 0 aromatic carbocycles. The molecule has 0 spiro atoms. The van der Waals surface area contributed by atoms with Crippen molar-refractivity contribution < 1.29 is 9.53 Å². The molecule has 0 N–H and O–H groups in total. The number of rotatable bonds is 5. The third-order valence-corrected chi connectivity index (χ3v) is 4.23. The van der Waals surface area contributed by atoms with Crippen LogP contribution in [0.3, 0.4) is 0 Å². The second-order valence-corrected chi connectivity index (χ2v) is 6.36. The van der Waals surface area contributed by atoms with Gasteiger partial charge >= 0.3 is 0 Å². The first-order valence-electron chi connectivity index (χ1n) is 7.05. The van der Waals surface area contributed by atoms with Gasteiger partial charge in [0.2, 0.25) is 5.91 Å². The maximum absolute atomic E-state index is 12.4. The number of hydrogen-bond acceptors (Lipinski definition) is 3. The van der Waals surface area contributed by atoms with Crippen molar-refractivity contribution in [1.82, 2.24) is 4.90 Å². The van der Waals surface area contributed by atoms with Crippen LogP contribution in [-0.2, 0) is 16.0 Å². The standard InChI is InChI=1S/C15H23NO2S/c1-12(2)9-14-10-18-7-6-16(14)15(17)4-3-13-5-8-19-11-13/h5,8,11-12,14H,3-4,6-7,9-10H2,1-2H3/t14-/m1/s1. The maximum atomic E-state index is 12.4. The van der Waals surface area contributed by atoms with Gasteiger partial charge in [-0.15, -0.1) is 0 Å². The van der Waals surface area contributed by atoms with E-state index >= 15 is 0 Å². The Morgan fingerprint density at radius 1 is 1.58 bits per heavy atom. The van der Waals surface area contributed by atoms with Crippen LogP contribution in [-0.4, -0.2) is 36.6 Å². The zero-order valence-corrected chi connectivity index (χ0v) is 12.6. The van der Waals surface area contributed by atoms with Gasteiger partial charge in [0, 0.05) is 13.0 Å². The molecule has 1 fully saturated rings. The van der Waals surface area contributed by atoms with Crippen LogP contribution in [0.15, 0.2) is 16.8 Å². The van der Waals surface area contributed by atoms with E-state index in [1.54, 1.807) is 11.3 Å². The van der Waals surface area contributed by atoms with E-state index in [1.807, 2.05) is 4.90 Å². The number of ether oxygens (including phenoxy) is 1. The lowest BCUT2D eigenvalue weighted by molar-refractivity contribution is -0.140. The monoisotopic (exact) mass is 281 g/mol. The minimum Gasteiger partial charge on any atom is -0.377 e. The lowest BCUT2D eigenvalue weighted by atomic mass is 10.0. The topological polar surface area (TPSA) is 29.5 Å². The van der Waals surface area contributed by atoms with E-state index in [0.29, 0.717) is 25.6 Å². The summed E-state index contributed by atoms with van der Waals surface area (Å²) in [5.74, 6) is 0.874. The average molecular weight is 281 g/mol. The van der Waals surface area contributed by atoms with Gasteiger partial charge in [-0.2, -0.15) is 11.3 Å². The Morgan fingerprint density at radius 3 is 3.11 bits per heavy atom. The molecule has 0 unspecified atom stereocenters. The summed E-state index contributed by atoms with van der Waals surface area (Å²) in [6.45, 7) is 6.52. The number of amides is 1. The van der Waals surface area contributed by atoms with Crippen LogP contribution in [0.2, 0.25) is 0 Å². The Hall–Kier alpha value is -0.870.